The van der Waals surface area contributed by atoms with Crippen LogP contribution in [0, 0.1) is 0 Å². The highest BCUT2D eigenvalue weighted by molar-refractivity contribution is 5.89. The van der Waals surface area contributed by atoms with Crippen LogP contribution in [0.4, 0.5) is 0 Å². The normalized spacial score (nSPS) is 11.7. The third-order valence-corrected chi connectivity index (χ3v) is 5.81. The highest BCUT2D eigenvalue weighted by atomic mass is 16.3. The van der Waals surface area contributed by atoms with Gasteiger partial charge in [0.15, 0.2) is 0 Å². The van der Waals surface area contributed by atoms with Crippen LogP contribution in [-0.2, 0) is 12.8 Å². The first kappa shape index (κ1) is 25.0. The summed E-state index contributed by atoms with van der Waals surface area (Å²) in [6.07, 6.45) is 16.1. The topological polar surface area (TPSA) is 52.8 Å². The van der Waals surface area contributed by atoms with Crippen molar-refractivity contribution in [2.24, 2.45) is 4.99 Å². The molecule has 0 atom stereocenters. The first-order chi connectivity index (χ1) is 15.2. The molecule has 0 fully saturated rings. The van der Waals surface area contributed by atoms with Crippen LogP contribution < -0.4 is 0 Å². The maximum absolute atomic E-state index is 10.2. The van der Waals surface area contributed by atoms with Crippen LogP contribution in [0.5, 0.6) is 11.5 Å². The quantitative estimate of drug-likeness (QED) is 0.215. The van der Waals surface area contributed by atoms with Crippen molar-refractivity contribution in [2.75, 3.05) is 6.54 Å². The minimum atomic E-state index is 0.0868. The van der Waals surface area contributed by atoms with Crippen LogP contribution in [0.25, 0.3) is 0 Å². The van der Waals surface area contributed by atoms with Gasteiger partial charge >= 0.3 is 0 Å². The zero-order valence-corrected chi connectivity index (χ0v) is 19.4. The van der Waals surface area contributed by atoms with Gasteiger partial charge in [0, 0.05) is 31.2 Å². The van der Waals surface area contributed by atoms with Crippen molar-refractivity contribution in [1.29, 1.82) is 0 Å². The number of aliphatic imine (C=N–C) groups is 1. The maximum Gasteiger partial charge on any atom is 0.122 e. The van der Waals surface area contributed by atoms with E-state index in [9.17, 15) is 10.2 Å². The van der Waals surface area contributed by atoms with E-state index in [1.54, 1.807) is 12.1 Å². The Labute approximate surface area is 189 Å². The van der Waals surface area contributed by atoms with E-state index in [-0.39, 0.29) is 11.5 Å². The van der Waals surface area contributed by atoms with Crippen molar-refractivity contribution in [2.45, 2.75) is 90.4 Å². The second kappa shape index (κ2) is 15.5. The minimum absolute atomic E-state index is 0.0868. The predicted molar refractivity (Wildman–Crippen MR) is 132 cm³/mol. The molecule has 0 amide bonds. The lowest BCUT2D eigenvalue weighted by molar-refractivity contribution is 0.447. The fourth-order valence-corrected chi connectivity index (χ4v) is 3.94. The minimum Gasteiger partial charge on any atom is -0.508 e. The van der Waals surface area contributed by atoms with E-state index in [0.29, 0.717) is 6.42 Å². The first-order valence-electron chi connectivity index (χ1n) is 12.3. The molecule has 3 heteroatoms. The molecule has 2 aromatic carbocycles. The Kier molecular flexibility index (Phi) is 12.5. The molecule has 0 aromatic heterocycles. The molecule has 0 unspecified atom stereocenters. The van der Waals surface area contributed by atoms with Crippen molar-refractivity contribution in [3.05, 3.63) is 59.7 Å². The lowest BCUT2D eigenvalue weighted by atomic mass is 10.0. The molecule has 0 radical (unpaired) electrons. The second-order valence-corrected chi connectivity index (χ2v) is 8.64. The van der Waals surface area contributed by atoms with E-state index in [4.69, 9.17) is 4.99 Å². The number of hydrogen-bond donors (Lipinski definition) is 2. The molecule has 2 rings (SSSR count). The third-order valence-electron chi connectivity index (χ3n) is 5.81. The zero-order chi connectivity index (χ0) is 22.2. The van der Waals surface area contributed by atoms with Gasteiger partial charge in [0.2, 0.25) is 0 Å². The molecule has 0 aliphatic carbocycles. The van der Waals surface area contributed by atoms with E-state index >= 15 is 0 Å². The predicted octanol–water partition coefficient (Wildman–Crippen LogP) is 7.64. The van der Waals surface area contributed by atoms with E-state index in [1.165, 1.54) is 75.8 Å². The van der Waals surface area contributed by atoms with Crippen LogP contribution in [0.3, 0.4) is 0 Å². The van der Waals surface area contributed by atoms with Gasteiger partial charge in [-0.3, -0.25) is 4.99 Å². The molecule has 2 aromatic rings. The Bertz CT molecular complexity index is 755. The van der Waals surface area contributed by atoms with Crippen LogP contribution in [0.1, 0.15) is 88.7 Å². The molecule has 0 heterocycles. The monoisotopic (exact) mass is 423 g/mol. The van der Waals surface area contributed by atoms with Gasteiger partial charge in [-0.15, -0.1) is 0 Å². The molecule has 0 aliphatic rings. The Morgan fingerprint density at radius 2 is 1.32 bits per heavy atom. The highest BCUT2D eigenvalue weighted by Gasteiger charge is 2.08. The van der Waals surface area contributed by atoms with Gasteiger partial charge in [-0.05, 0) is 23.6 Å². The van der Waals surface area contributed by atoms with Gasteiger partial charge in [-0.2, -0.15) is 0 Å². The summed E-state index contributed by atoms with van der Waals surface area (Å²) < 4.78 is 0. The number of nitrogens with zero attached hydrogens (tertiary/aromatic N) is 1. The molecular weight excluding hydrogens is 382 g/mol. The van der Waals surface area contributed by atoms with Crippen molar-refractivity contribution >= 4 is 5.71 Å². The fourth-order valence-electron chi connectivity index (χ4n) is 3.94. The summed E-state index contributed by atoms with van der Waals surface area (Å²) in [5.41, 5.74) is 3.13. The zero-order valence-electron chi connectivity index (χ0n) is 19.4. The average Bonchev–Trinajstić information content (AvgIpc) is 2.77. The van der Waals surface area contributed by atoms with Gasteiger partial charge in [0.25, 0.3) is 0 Å². The number of phenolic OH excluding ortho intramolecular Hbond substituents is 2. The molecule has 170 valence electrons. The van der Waals surface area contributed by atoms with Crippen molar-refractivity contribution in [3.8, 4) is 11.5 Å². The van der Waals surface area contributed by atoms with Gasteiger partial charge in [-0.25, -0.2) is 0 Å². The van der Waals surface area contributed by atoms with Crippen molar-refractivity contribution < 1.29 is 10.2 Å². The van der Waals surface area contributed by atoms with E-state index in [1.807, 2.05) is 6.07 Å². The fraction of sp³-hybridized carbons (Fsp3) is 0.536. The van der Waals surface area contributed by atoms with Gasteiger partial charge in [0.1, 0.15) is 11.5 Å². The van der Waals surface area contributed by atoms with Crippen molar-refractivity contribution in [1.82, 2.24) is 0 Å². The summed E-state index contributed by atoms with van der Waals surface area (Å²) in [4.78, 5) is 4.90. The van der Waals surface area contributed by atoms with E-state index in [2.05, 4.69) is 31.2 Å². The molecule has 3 nitrogen and oxygen atoms in total. The highest BCUT2D eigenvalue weighted by Crippen LogP contribution is 2.24. The second-order valence-electron chi connectivity index (χ2n) is 8.64. The Morgan fingerprint density at radius 3 is 1.94 bits per heavy atom. The summed E-state index contributed by atoms with van der Waals surface area (Å²) in [5, 5.41) is 19.7. The lowest BCUT2D eigenvalue weighted by Gasteiger charge is -2.10. The molecule has 0 aliphatic heterocycles. The number of aromatic hydroxyl groups is 2. The summed E-state index contributed by atoms with van der Waals surface area (Å²) in [5.74, 6) is 0.221. The van der Waals surface area contributed by atoms with Crippen LogP contribution in [0.15, 0.2) is 53.5 Å². The summed E-state index contributed by atoms with van der Waals surface area (Å²) in [6, 6.07) is 15.2. The van der Waals surface area contributed by atoms with Gasteiger partial charge in [-0.1, -0.05) is 108 Å². The van der Waals surface area contributed by atoms with Crippen LogP contribution in [0.2, 0.25) is 0 Å². The Balaban J connectivity index is 1.74. The lowest BCUT2D eigenvalue weighted by Crippen LogP contribution is -2.09. The number of unbranched alkanes of at least 4 members (excludes halogenated alkanes) is 10. The maximum atomic E-state index is 10.2. The van der Waals surface area contributed by atoms with E-state index < -0.39 is 0 Å². The standard InChI is InChI=1S/C28H41NO2/c1-2-3-4-5-6-7-8-9-10-11-15-20-29-26(21-24-16-13-12-14-17-24)22-25-18-19-27(30)23-28(25)31/h12-14,16-19,23,30-31H,2-11,15,20-22H2,1H3. The number of benzene rings is 2. The molecule has 2 N–H and O–H groups in total. The number of rotatable bonds is 16. The van der Waals surface area contributed by atoms with Gasteiger partial charge < -0.3 is 10.2 Å². The SMILES string of the molecule is CCCCCCCCCCCCCN=C(Cc1ccccc1)Cc1ccc(O)cc1O. The third kappa shape index (κ3) is 11.1. The van der Waals surface area contributed by atoms with Gasteiger partial charge in [0.05, 0.1) is 0 Å². The van der Waals surface area contributed by atoms with Crippen molar-refractivity contribution in [3.63, 3.8) is 0 Å². The summed E-state index contributed by atoms with van der Waals surface area (Å²) in [6.45, 7) is 3.12. The smallest absolute Gasteiger partial charge is 0.122 e. The Hall–Kier alpha value is -2.29. The molecule has 0 saturated carbocycles. The molecular formula is C28H41NO2. The first-order valence-corrected chi connectivity index (χ1v) is 12.3. The molecule has 31 heavy (non-hydrogen) atoms. The average molecular weight is 424 g/mol. The Morgan fingerprint density at radius 1 is 0.710 bits per heavy atom. The summed E-state index contributed by atoms with van der Waals surface area (Å²) >= 11 is 0. The van der Waals surface area contributed by atoms with E-state index in [0.717, 1.165) is 30.7 Å². The summed E-state index contributed by atoms with van der Waals surface area (Å²) in [7, 11) is 0. The molecule has 0 spiro atoms. The molecule has 0 bridgehead atoms. The van der Waals surface area contributed by atoms with Crippen LogP contribution >= 0.6 is 0 Å². The number of phenols is 2. The van der Waals surface area contributed by atoms with Crippen LogP contribution in [-0.4, -0.2) is 22.5 Å². The molecule has 0 saturated heterocycles. The largest absolute Gasteiger partial charge is 0.508 e. The number of hydrogen-bond acceptors (Lipinski definition) is 3.